The first-order chi connectivity index (χ1) is 12.5. The molecule has 0 spiro atoms. The highest BCUT2D eigenvalue weighted by Gasteiger charge is 2.21. The third-order valence-corrected chi connectivity index (χ3v) is 4.25. The molecule has 3 rings (SSSR count). The molecule has 0 bridgehead atoms. The lowest BCUT2D eigenvalue weighted by atomic mass is 10.0. The first-order valence-electron chi connectivity index (χ1n) is 8.43. The van der Waals surface area contributed by atoms with Crippen molar-refractivity contribution in [3.05, 3.63) is 59.2 Å². The Kier molecular flexibility index (Phi) is 5.41. The van der Waals surface area contributed by atoms with Gasteiger partial charge in [-0.2, -0.15) is 0 Å². The van der Waals surface area contributed by atoms with Crippen molar-refractivity contribution in [1.82, 2.24) is 5.32 Å². The summed E-state index contributed by atoms with van der Waals surface area (Å²) in [7, 11) is 0. The number of para-hydroxylation sites is 2. The van der Waals surface area contributed by atoms with E-state index in [1.807, 2.05) is 44.2 Å². The summed E-state index contributed by atoms with van der Waals surface area (Å²) >= 11 is 0. The first-order valence-corrected chi connectivity index (χ1v) is 8.43. The van der Waals surface area contributed by atoms with E-state index < -0.39 is 5.97 Å². The molecule has 6 nitrogen and oxygen atoms in total. The molecule has 136 valence electrons. The van der Waals surface area contributed by atoms with Crippen molar-refractivity contribution in [1.29, 1.82) is 0 Å². The van der Waals surface area contributed by atoms with Crippen LogP contribution in [0.5, 0.6) is 11.5 Å². The molecule has 26 heavy (non-hydrogen) atoms. The van der Waals surface area contributed by atoms with Gasteiger partial charge in [0.15, 0.2) is 18.1 Å². The Balaban J connectivity index is 1.45. The summed E-state index contributed by atoms with van der Waals surface area (Å²) in [5.41, 5.74) is 2.32. The van der Waals surface area contributed by atoms with E-state index in [4.69, 9.17) is 14.2 Å². The van der Waals surface area contributed by atoms with E-state index >= 15 is 0 Å². The number of benzene rings is 2. The van der Waals surface area contributed by atoms with E-state index in [1.54, 1.807) is 12.1 Å². The summed E-state index contributed by atoms with van der Waals surface area (Å²) in [6.45, 7) is 4.05. The van der Waals surface area contributed by atoms with Gasteiger partial charge in [0.05, 0.1) is 12.1 Å². The van der Waals surface area contributed by atoms with Crippen molar-refractivity contribution in [2.75, 3.05) is 19.8 Å². The predicted octanol–water partition coefficient (Wildman–Crippen LogP) is 2.42. The zero-order valence-corrected chi connectivity index (χ0v) is 14.8. The Morgan fingerprint density at radius 1 is 1.12 bits per heavy atom. The maximum atomic E-state index is 12.1. The molecule has 1 atom stereocenters. The minimum atomic E-state index is -0.507. The average molecular weight is 355 g/mol. The minimum Gasteiger partial charge on any atom is -0.486 e. The fourth-order valence-corrected chi connectivity index (χ4v) is 2.62. The van der Waals surface area contributed by atoms with Crippen LogP contribution in [0.1, 0.15) is 21.5 Å². The molecule has 6 heteroatoms. The second-order valence-corrected chi connectivity index (χ2v) is 6.13. The maximum absolute atomic E-state index is 12.1. The summed E-state index contributed by atoms with van der Waals surface area (Å²) < 4.78 is 16.4. The minimum absolute atomic E-state index is 0.272. The fourth-order valence-electron chi connectivity index (χ4n) is 2.62. The van der Waals surface area contributed by atoms with Crippen LogP contribution in [0.4, 0.5) is 0 Å². The molecule has 0 unspecified atom stereocenters. The van der Waals surface area contributed by atoms with Crippen molar-refractivity contribution in [3.63, 3.8) is 0 Å². The van der Waals surface area contributed by atoms with Crippen LogP contribution in [0.3, 0.4) is 0 Å². The first kappa shape index (κ1) is 17.8. The van der Waals surface area contributed by atoms with Gasteiger partial charge in [-0.15, -0.1) is 0 Å². The monoisotopic (exact) mass is 355 g/mol. The molecule has 0 aromatic heterocycles. The van der Waals surface area contributed by atoms with Crippen molar-refractivity contribution in [3.8, 4) is 11.5 Å². The third kappa shape index (κ3) is 4.14. The number of esters is 1. The highest BCUT2D eigenvalue weighted by Crippen LogP contribution is 2.30. The van der Waals surface area contributed by atoms with Crippen molar-refractivity contribution < 1.29 is 23.8 Å². The van der Waals surface area contributed by atoms with E-state index in [0.29, 0.717) is 23.7 Å². The number of carbonyl (C=O) groups is 2. The highest BCUT2D eigenvalue weighted by atomic mass is 16.6. The van der Waals surface area contributed by atoms with Gasteiger partial charge in [0, 0.05) is 0 Å². The van der Waals surface area contributed by atoms with Crippen LogP contribution in [0.2, 0.25) is 0 Å². The number of carbonyl (C=O) groups excluding carboxylic acids is 2. The number of ether oxygens (including phenoxy) is 3. The van der Waals surface area contributed by atoms with Crippen LogP contribution in [0, 0.1) is 13.8 Å². The smallest absolute Gasteiger partial charge is 0.338 e. The molecule has 0 saturated heterocycles. The predicted molar refractivity (Wildman–Crippen MR) is 95.6 cm³/mol. The number of hydrogen-bond donors (Lipinski definition) is 1. The average Bonchev–Trinajstić information content (AvgIpc) is 2.66. The Hall–Kier alpha value is -3.02. The largest absolute Gasteiger partial charge is 0.486 e. The van der Waals surface area contributed by atoms with E-state index in [1.165, 1.54) is 0 Å². The molecule has 0 aliphatic carbocycles. The molecule has 2 aromatic carbocycles. The molecule has 2 aromatic rings. The zero-order valence-electron chi connectivity index (χ0n) is 14.8. The van der Waals surface area contributed by atoms with Gasteiger partial charge in [-0.05, 0) is 43.2 Å². The maximum Gasteiger partial charge on any atom is 0.338 e. The van der Waals surface area contributed by atoms with Crippen LogP contribution in [-0.4, -0.2) is 37.7 Å². The molecule has 1 amide bonds. The third-order valence-electron chi connectivity index (χ3n) is 4.25. The van der Waals surface area contributed by atoms with Crippen LogP contribution >= 0.6 is 0 Å². The summed E-state index contributed by atoms with van der Waals surface area (Å²) in [6.07, 6.45) is -0.288. The van der Waals surface area contributed by atoms with E-state index in [9.17, 15) is 9.59 Å². The zero-order chi connectivity index (χ0) is 18.5. The molecule has 0 fully saturated rings. The molecular formula is C20H21NO5. The summed E-state index contributed by atoms with van der Waals surface area (Å²) in [4.78, 5) is 24.1. The van der Waals surface area contributed by atoms with Crippen LogP contribution in [-0.2, 0) is 9.53 Å². The van der Waals surface area contributed by atoms with Gasteiger partial charge in [0.1, 0.15) is 12.7 Å². The SMILES string of the molecule is Cc1cccc(C(=O)OCC(=O)NC[C@@H]2COc3ccccc3O2)c1C. The van der Waals surface area contributed by atoms with Gasteiger partial charge in [0.25, 0.3) is 5.91 Å². The molecule has 0 saturated carbocycles. The number of rotatable bonds is 5. The van der Waals surface area contributed by atoms with Crippen molar-refractivity contribution in [2.45, 2.75) is 20.0 Å². The summed E-state index contributed by atoms with van der Waals surface area (Å²) in [6, 6.07) is 12.8. The standard InChI is InChI=1S/C20H21NO5/c1-13-6-5-7-16(14(13)2)20(23)25-12-19(22)21-10-15-11-24-17-8-3-4-9-18(17)26-15/h3-9,15H,10-12H2,1-2H3,(H,21,22)/t15-/m1/s1. The van der Waals surface area contributed by atoms with E-state index in [-0.39, 0.29) is 25.2 Å². The van der Waals surface area contributed by atoms with Gasteiger partial charge < -0.3 is 19.5 Å². The second-order valence-electron chi connectivity index (χ2n) is 6.13. The van der Waals surface area contributed by atoms with Crippen molar-refractivity contribution >= 4 is 11.9 Å². The Morgan fingerprint density at radius 3 is 2.69 bits per heavy atom. The van der Waals surface area contributed by atoms with Gasteiger partial charge >= 0.3 is 5.97 Å². The van der Waals surface area contributed by atoms with Crippen LogP contribution < -0.4 is 14.8 Å². The highest BCUT2D eigenvalue weighted by molar-refractivity contribution is 5.93. The summed E-state index contributed by atoms with van der Waals surface area (Å²) in [5.74, 6) is 0.454. The van der Waals surface area contributed by atoms with Gasteiger partial charge in [0.2, 0.25) is 0 Å². The summed E-state index contributed by atoms with van der Waals surface area (Å²) in [5, 5.41) is 2.69. The van der Waals surface area contributed by atoms with Crippen LogP contribution in [0.25, 0.3) is 0 Å². The molecule has 1 N–H and O–H groups in total. The molecular weight excluding hydrogens is 334 g/mol. The second kappa shape index (κ2) is 7.91. The van der Waals surface area contributed by atoms with Crippen LogP contribution in [0.15, 0.2) is 42.5 Å². The van der Waals surface area contributed by atoms with Crippen molar-refractivity contribution in [2.24, 2.45) is 0 Å². The fraction of sp³-hybridized carbons (Fsp3) is 0.300. The van der Waals surface area contributed by atoms with E-state index in [0.717, 1.165) is 11.1 Å². The molecule has 0 radical (unpaired) electrons. The quantitative estimate of drug-likeness (QED) is 0.834. The Labute approximate surface area is 152 Å². The lowest BCUT2D eigenvalue weighted by molar-refractivity contribution is -0.124. The Morgan fingerprint density at radius 2 is 1.88 bits per heavy atom. The lowest BCUT2D eigenvalue weighted by Gasteiger charge is -2.26. The molecule has 1 aliphatic rings. The van der Waals surface area contributed by atoms with E-state index in [2.05, 4.69) is 5.32 Å². The normalized spacial score (nSPS) is 15.2. The Bertz CT molecular complexity index is 818. The van der Waals surface area contributed by atoms with Gasteiger partial charge in [-0.25, -0.2) is 4.79 Å². The number of nitrogens with one attached hydrogen (secondary N) is 1. The number of aryl methyl sites for hydroxylation is 1. The van der Waals surface area contributed by atoms with Gasteiger partial charge in [-0.1, -0.05) is 24.3 Å². The lowest BCUT2D eigenvalue weighted by Crippen LogP contribution is -2.42. The topological polar surface area (TPSA) is 73.9 Å². The van der Waals surface area contributed by atoms with Gasteiger partial charge in [-0.3, -0.25) is 4.79 Å². The number of fused-ring (bicyclic) bond motifs is 1. The number of hydrogen-bond acceptors (Lipinski definition) is 5. The number of amides is 1. The molecule has 1 aliphatic heterocycles. The molecule has 1 heterocycles.